The summed E-state index contributed by atoms with van der Waals surface area (Å²) in [6.45, 7) is 2.28. The molecule has 1 N–H and O–H groups in total. The molecule has 0 fully saturated rings. The molecule has 5 heteroatoms. The predicted molar refractivity (Wildman–Crippen MR) is 87.0 cm³/mol. The van der Waals surface area contributed by atoms with E-state index in [1.54, 1.807) is 30.6 Å². The van der Waals surface area contributed by atoms with E-state index in [0.717, 1.165) is 11.3 Å². The third kappa shape index (κ3) is 3.58. The molecule has 2 aromatic heterocycles. The molecule has 2 heterocycles. The number of phenols is 1. The molecule has 1 aromatic carbocycles. The van der Waals surface area contributed by atoms with Crippen LogP contribution in [0.4, 0.5) is 0 Å². The van der Waals surface area contributed by atoms with Crippen LogP contribution < -0.4 is 10.3 Å². The zero-order valence-corrected chi connectivity index (χ0v) is 12.6. The molecule has 0 aliphatic heterocycles. The number of phenolic OH excluding ortho intramolecular Hbond substituents is 1. The van der Waals surface area contributed by atoms with E-state index < -0.39 is 0 Å². The van der Waals surface area contributed by atoms with Crippen LogP contribution in [0.2, 0.25) is 0 Å². The first-order chi connectivity index (χ1) is 11.1. The van der Waals surface area contributed by atoms with Crippen molar-refractivity contribution in [2.45, 2.75) is 13.5 Å². The molecule has 0 aliphatic carbocycles. The van der Waals surface area contributed by atoms with Gasteiger partial charge in [0.1, 0.15) is 18.1 Å². The lowest BCUT2D eigenvalue weighted by atomic mass is 10.2. The van der Waals surface area contributed by atoms with Crippen molar-refractivity contribution < 1.29 is 9.84 Å². The molecule has 0 bridgehead atoms. The highest BCUT2D eigenvalue weighted by molar-refractivity contribution is 5.38. The molecule has 3 aromatic rings. The standard InChI is InChI=1S/C18H16N2O3/c1-13-2-3-14(11-19-13)12-23-17-8-9-20(18(22)10-17)15-4-6-16(21)7-5-15/h2-11,21H,12H2,1H3. The first-order valence-corrected chi connectivity index (χ1v) is 7.18. The van der Waals surface area contributed by atoms with Gasteiger partial charge in [-0.3, -0.25) is 14.3 Å². The Kier molecular flexibility index (Phi) is 4.10. The van der Waals surface area contributed by atoms with Crippen LogP contribution in [0.25, 0.3) is 5.69 Å². The quantitative estimate of drug-likeness (QED) is 0.805. The van der Waals surface area contributed by atoms with Gasteiger partial charge in [0.05, 0.1) is 0 Å². The highest BCUT2D eigenvalue weighted by Gasteiger charge is 2.03. The van der Waals surface area contributed by atoms with Crippen LogP contribution in [0.3, 0.4) is 0 Å². The SMILES string of the molecule is Cc1ccc(COc2ccn(-c3ccc(O)cc3)c(=O)c2)cn1. The Bertz CT molecular complexity index is 853. The van der Waals surface area contributed by atoms with Crippen LogP contribution in [0.1, 0.15) is 11.3 Å². The Morgan fingerprint density at radius 3 is 2.57 bits per heavy atom. The number of aryl methyl sites for hydroxylation is 1. The van der Waals surface area contributed by atoms with E-state index in [-0.39, 0.29) is 11.3 Å². The van der Waals surface area contributed by atoms with Gasteiger partial charge >= 0.3 is 0 Å². The van der Waals surface area contributed by atoms with Crippen LogP contribution in [-0.4, -0.2) is 14.7 Å². The highest BCUT2D eigenvalue weighted by atomic mass is 16.5. The topological polar surface area (TPSA) is 64.3 Å². The zero-order valence-electron chi connectivity index (χ0n) is 12.6. The summed E-state index contributed by atoms with van der Waals surface area (Å²) in [4.78, 5) is 16.4. The maximum atomic E-state index is 12.2. The summed E-state index contributed by atoms with van der Waals surface area (Å²) < 4.78 is 7.12. The molecule has 0 saturated carbocycles. The Balaban J connectivity index is 1.75. The van der Waals surface area contributed by atoms with Crippen LogP contribution in [0.5, 0.6) is 11.5 Å². The van der Waals surface area contributed by atoms with Crippen molar-refractivity contribution in [2.24, 2.45) is 0 Å². The van der Waals surface area contributed by atoms with E-state index in [2.05, 4.69) is 4.98 Å². The van der Waals surface area contributed by atoms with Crippen LogP contribution in [-0.2, 0) is 6.61 Å². The van der Waals surface area contributed by atoms with Crippen molar-refractivity contribution in [1.82, 2.24) is 9.55 Å². The second-order valence-corrected chi connectivity index (χ2v) is 5.18. The summed E-state index contributed by atoms with van der Waals surface area (Å²) in [5.41, 5.74) is 2.38. The maximum absolute atomic E-state index is 12.2. The number of aromatic hydroxyl groups is 1. The molecule has 0 saturated heterocycles. The Morgan fingerprint density at radius 2 is 1.91 bits per heavy atom. The first-order valence-electron chi connectivity index (χ1n) is 7.18. The van der Waals surface area contributed by atoms with Gasteiger partial charge in [0.25, 0.3) is 5.56 Å². The van der Waals surface area contributed by atoms with E-state index >= 15 is 0 Å². The number of nitrogens with zero attached hydrogens (tertiary/aromatic N) is 2. The molecule has 0 unspecified atom stereocenters. The number of pyridine rings is 2. The fourth-order valence-electron chi connectivity index (χ4n) is 2.13. The highest BCUT2D eigenvalue weighted by Crippen LogP contribution is 2.14. The van der Waals surface area contributed by atoms with Crippen LogP contribution >= 0.6 is 0 Å². The van der Waals surface area contributed by atoms with Crippen molar-refractivity contribution >= 4 is 0 Å². The molecule has 23 heavy (non-hydrogen) atoms. The molecule has 0 radical (unpaired) electrons. The average Bonchev–Trinajstić information content (AvgIpc) is 2.55. The summed E-state index contributed by atoms with van der Waals surface area (Å²) in [7, 11) is 0. The minimum Gasteiger partial charge on any atom is -0.508 e. The fourth-order valence-corrected chi connectivity index (χ4v) is 2.13. The average molecular weight is 308 g/mol. The van der Waals surface area contributed by atoms with Gasteiger partial charge in [-0.2, -0.15) is 0 Å². The molecule has 3 rings (SSSR count). The lowest BCUT2D eigenvalue weighted by Crippen LogP contribution is -2.16. The number of aromatic nitrogens is 2. The maximum Gasteiger partial charge on any atom is 0.258 e. The Morgan fingerprint density at radius 1 is 1.13 bits per heavy atom. The summed E-state index contributed by atoms with van der Waals surface area (Å²) >= 11 is 0. The van der Waals surface area contributed by atoms with Crippen molar-refractivity contribution in [3.05, 3.63) is 82.5 Å². The van der Waals surface area contributed by atoms with Gasteiger partial charge < -0.3 is 9.84 Å². The number of hydrogen-bond donors (Lipinski definition) is 1. The van der Waals surface area contributed by atoms with Gasteiger partial charge in [-0.25, -0.2) is 0 Å². The summed E-state index contributed by atoms with van der Waals surface area (Å²) in [5, 5.41) is 9.30. The van der Waals surface area contributed by atoms with Gasteiger partial charge in [-0.1, -0.05) is 6.07 Å². The number of benzene rings is 1. The van der Waals surface area contributed by atoms with Crippen molar-refractivity contribution in [2.75, 3.05) is 0 Å². The van der Waals surface area contributed by atoms with Gasteiger partial charge in [0, 0.05) is 35.4 Å². The number of rotatable bonds is 4. The number of ether oxygens (including phenoxy) is 1. The third-order valence-electron chi connectivity index (χ3n) is 3.40. The fraction of sp³-hybridized carbons (Fsp3) is 0.111. The summed E-state index contributed by atoms with van der Waals surface area (Å²) in [6.07, 6.45) is 3.41. The van der Waals surface area contributed by atoms with Gasteiger partial charge in [0.15, 0.2) is 0 Å². The molecule has 0 amide bonds. The second-order valence-electron chi connectivity index (χ2n) is 5.18. The smallest absolute Gasteiger partial charge is 0.258 e. The largest absolute Gasteiger partial charge is 0.508 e. The molecule has 0 spiro atoms. The molecule has 116 valence electrons. The van der Waals surface area contributed by atoms with Gasteiger partial charge in [-0.05, 0) is 43.3 Å². The van der Waals surface area contributed by atoms with Crippen LogP contribution in [0.15, 0.2) is 65.7 Å². The first kappa shape index (κ1) is 14.8. The molecular weight excluding hydrogens is 292 g/mol. The van der Waals surface area contributed by atoms with E-state index in [1.807, 2.05) is 19.1 Å². The van der Waals surface area contributed by atoms with E-state index in [1.165, 1.54) is 22.8 Å². The van der Waals surface area contributed by atoms with Gasteiger partial charge in [0.2, 0.25) is 0 Å². The van der Waals surface area contributed by atoms with E-state index in [0.29, 0.717) is 18.0 Å². The molecule has 5 nitrogen and oxygen atoms in total. The Hall–Kier alpha value is -3.08. The van der Waals surface area contributed by atoms with Crippen molar-refractivity contribution in [3.8, 4) is 17.2 Å². The third-order valence-corrected chi connectivity index (χ3v) is 3.40. The van der Waals surface area contributed by atoms with Crippen molar-refractivity contribution in [1.29, 1.82) is 0 Å². The van der Waals surface area contributed by atoms with Gasteiger partial charge in [-0.15, -0.1) is 0 Å². The van der Waals surface area contributed by atoms with Crippen LogP contribution in [0, 0.1) is 6.92 Å². The normalized spacial score (nSPS) is 10.5. The Labute approximate surface area is 133 Å². The zero-order chi connectivity index (χ0) is 16.2. The molecule has 0 aliphatic rings. The predicted octanol–water partition coefficient (Wildman–Crippen LogP) is 2.83. The summed E-state index contributed by atoms with van der Waals surface area (Å²) in [5.74, 6) is 0.666. The number of hydrogen-bond acceptors (Lipinski definition) is 4. The monoisotopic (exact) mass is 308 g/mol. The minimum atomic E-state index is -0.199. The lowest BCUT2D eigenvalue weighted by Gasteiger charge is -2.09. The minimum absolute atomic E-state index is 0.161. The van der Waals surface area contributed by atoms with E-state index in [9.17, 15) is 9.90 Å². The summed E-state index contributed by atoms with van der Waals surface area (Å²) in [6, 6.07) is 13.5. The molecule has 0 atom stereocenters. The van der Waals surface area contributed by atoms with E-state index in [4.69, 9.17) is 4.74 Å². The van der Waals surface area contributed by atoms with Crippen molar-refractivity contribution in [3.63, 3.8) is 0 Å². The lowest BCUT2D eigenvalue weighted by molar-refractivity contribution is 0.304. The second kappa shape index (κ2) is 6.36. The molecular formula is C18H16N2O3.